The highest BCUT2D eigenvalue weighted by molar-refractivity contribution is 5.94. The van der Waals surface area contributed by atoms with Crippen LogP contribution in [0.25, 0.3) is 0 Å². The number of hydrogen-bond donors (Lipinski definition) is 2. The van der Waals surface area contributed by atoms with Gasteiger partial charge in [0.05, 0.1) is 14.2 Å². The Hall–Kier alpha value is -3.55. The Labute approximate surface area is 200 Å². The van der Waals surface area contributed by atoms with Crippen LogP contribution in [0, 0.1) is 6.92 Å². The summed E-state index contributed by atoms with van der Waals surface area (Å²) in [7, 11) is 3.12. The van der Waals surface area contributed by atoms with Crippen molar-refractivity contribution >= 4 is 17.7 Å². The average molecular weight is 468 g/mol. The maximum atomic E-state index is 13.1. The van der Waals surface area contributed by atoms with Crippen LogP contribution < -0.4 is 20.1 Å². The van der Waals surface area contributed by atoms with Crippen LogP contribution in [-0.2, 0) is 16.0 Å². The lowest BCUT2D eigenvalue weighted by Gasteiger charge is -2.33. The lowest BCUT2D eigenvalue weighted by atomic mass is 10.0. The predicted molar refractivity (Wildman–Crippen MR) is 129 cm³/mol. The Bertz CT molecular complexity index is 1030. The monoisotopic (exact) mass is 467 g/mol. The van der Waals surface area contributed by atoms with E-state index in [0.717, 1.165) is 11.1 Å². The van der Waals surface area contributed by atoms with E-state index in [9.17, 15) is 14.4 Å². The molecule has 182 valence electrons. The molecule has 0 aromatic heterocycles. The molecule has 1 saturated heterocycles. The maximum Gasteiger partial charge on any atom is 0.253 e. The van der Waals surface area contributed by atoms with Crippen LogP contribution in [0.2, 0.25) is 0 Å². The van der Waals surface area contributed by atoms with E-state index in [4.69, 9.17) is 9.47 Å². The van der Waals surface area contributed by atoms with Gasteiger partial charge in [0.25, 0.3) is 5.91 Å². The van der Waals surface area contributed by atoms with Crippen molar-refractivity contribution in [1.82, 2.24) is 15.5 Å². The Kier molecular flexibility index (Phi) is 8.51. The zero-order chi connectivity index (χ0) is 24.7. The van der Waals surface area contributed by atoms with Gasteiger partial charge in [0.1, 0.15) is 17.5 Å². The molecule has 0 spiro atoms. The van der Waals surface area contributed by atoms with E-state index in [2.05, 4.69) is 10.6 Å². The molecule has 2 aromatic rings. The van der Waals surface area contributed by atoms with Crippen molar-refractivity contribution in [3.63, 3.8) is 0 Å². The van der Waals surface area contributed by atoms with Crippen molar-refractivity contribution in [2.24, 2.45) is 0 Å². The van der Waals surface area contributed by atoms with Gasteiger partial charge in [-0.2, -0.15) is 0 Å². The molecule has 2 N–H and O–H groups in total. The van der Waals surface area contributed by atoms with Crippen LogP contribution in [0.5, 0.6) is 11.5 Å². The number of likely N-dealkylation sites (tertiary alicyclic amines) is 1. The highest BCUT2D eigenvalue weighted by atomic mass is 16.5. The standard InChI is InChI=1S/C26H33N3O5/c1-17-6-5-7-20(14-17)26(32)29-12-10-21(11-13-29)28-25(31)23(27-18(2)30)15-19-8-9-22(33-3)16-24(19)34-4/h5-9,14,16,21,23H,10-13,15H2,1-4H3,(H,27,30)(H,28,31)/t23-/m1/s1. The summed E-state index contributed by atoms with van der Waals surface area (Å²) in [6.45, 7) is 4.48. The summed E-state index contributed by atoms with van der Waals surface area (Å²) in [4.78, 5) is 39.5. The van der Waals surface area contributed by atoms with Gasteiger partial charge in [0, 0.05) is 44.1 Å². The minimum atomic E-state index is -0.744. The molecule has 3 rings (SSSR count). The number of piperidine rings is 1. The third kappa shape index (κ3) is 6.50. The van der Waals surface area contributed by atoms with Crippen molar-refractivity contribution in [3.8, 4) is 11.5 Å². The quantitative estimate of drug-likeness (QED) is 0.622. The molecular weight excluding hydrogens is 434 g/mol. The lowest BCUT2D eigenvalue weighted by molar-refractivity contribution is -0.128. The molecule has 1 heterocycles. The Morgan fingerprint density at radius 2 is 1.79 bits per heavy atom. The average Bonchev–Trinajstić information content (AvgIpc) is 2.83. The van der Waals surface area contributed by atoms with Crippen molar-refractivity contribution in [1.29, 1.82) is 0 Å². The van der Waals surface area contributed by atoms with E-state index < -0.39 is 6.04 Å². The fraction of sp³-hybridized carbons (Fsp3) is 0.423. The molecule has 0 saturated carbocycles. The molecule has 1 aliphatic rings. The Morgan fingerprint density at radius 1 is 1.06 bits per heavy atom. The fourth-order valence-corrected chi connectivity index (χ4v) is 4.18. The second kappa shape index (κ2) is 11.5. The first-order chi connectivity index (χ1) is 16.3. The van der Waals surface area contributed by atoms with Gasteiger partial charge < -0.3 is 25.0 Å². The second-order valence-electron chi connectivity index (χ2n) is 8.58. The summed E-state index contributed by atoms with van der Waals surface area (Å²) >= 11 is 0. The van der Waals surface area contributed by atoms with Crippen LogP contribution in [0.4, 0.5) is 0 Å². The molecule has 1 atom stereocenters. The van der Waals surface area contributed by atoms with E-state index in [-0.39, 0.29) is 30.2 Å². The van der Waals surface area contributed by atoms with Crippen LogP contribution in [-0.4, -0.2) is 62.0 Å². The van der Waals surface area contributed by atoms with Gasteiger partial charge in [-0.3, -0.25) is 14.4 Å². The summed E-state index contributed by atoms with van der Waals surface area (Å²) in [6, 6.07) is 12.1. The van der Waals surface area contributed by atoms with Crippen molar-refractivity contribution in [3.05, 3.63) is 59.2 Å². The normalized spacial score (nSPS) is 14.8. The summed E-state index contributed by atoms with van der Waals surface area (Å²) < 4.78 is 10.7. The van der Waals surface area contributed by atoms with E-state index in [0.29, 0.717) is 43.0 Å². The molecule has 8 heteroatoms. The molecule has 3 amide bonds. The number of carbonyl (C=O) groups excluding carboxylic acids is 3. The summed E-state index contributed by atoms with van der Waals surface area (Å²) in [5, 5.41) is 5.80. The molecule has 2 aromatic carbocycles. The first-order valence-corrected chi connectivity index (χ1v) is 11.4. The highest BCUT2D eigenvalue weighted by Crippen LogP contribution is 2.26. The van der Waals surface area contributed by atoms with Crippen LogP contribution in [0.3, 0.4) is 0 Å². The fourth-order valence-electron chi connectivity index (χ4n) is 4.18. The van der Waals surface area contributed by atoms with Gasteiger partial charge in [-0.1, -0.05) is 23.8 Å². The minimum Gasteiger partial charge on any atom is -0.497 e. The third-order valence-corrected chi connectivity index (χ3v) is 6.01. The van der Waals surface area contributed by atoms with Gasteiger partial charge in [-0.05, 0) is 43.5 Å². The van der Waals surface area contributed by atoms with Crippen LogP contribution in [0.1, 0.15) is 41.3 Å². The van der Waals surface area contributed by atoms with E-state index in [1.807, 2.05) is 42.2 Å². The zero-order valence-electron chi connectivity index (χ0n) is 20.2. The number of amides is 3. The molecule has 0 unspecified atom stereocenters. The van der Waals surface area contributed by atoms with Crippen molar-refractivity contribution < 1.29 is 23.9 Å². The van der Waals surface area contributed by atoms with Crippen molar-refractivity contribution in [2.75, 3.05) is 27.3 Å². The largest absolute Gasteiger partial charge is 0.497 e. The Morgan fingerprint density at radius 3 is 2.41 bits per heavy atom. The Balaban J connectivity index is 1.61. The summed E-state index contributed by atoms with van der Waals surface area (Å²) in [5.41, 5.74) is 2.52. The SMILES string of the molecule is COc1ccc(C[C@@H](NC(C)=O)C(=O)NC2CCN(C(=O)c3cccc(C)c3)CC2)c(OC)c1. The maximum absolute atomic E-state index is 13.1. The van der Waals surface area contributed by atoms with E-state index in [1.165, 1.54) is 6.92 Å². The van der Waals surface area contributed by atoms with E-state index in [1.54, 1.807) is 26.4 Å². The highest BCUT2D eigenvalue weighted by Gasteiger charge is 2.28. The van der Waals surface area contributed by atoms with Crippen LogP contribution in [0.15, 0.2) is 42.5 Å². The number of benzene rings is 2. The van der Waals surface area contributed by atoms with Gasteiger partial charge in [0.15, 0.2) is 0 Å². The number of hydrogen-bond acceptors (Lipinski definition) is 5. The first-order valence-electron chi connectivity index (χ1n) is 11.4. The number of carbonyl (C=O) groups is 3. The molecule has 1 aliphatic heterocycles. The molecule has 34 heavy (non-hydrogen) atoms. The number of nitrogens with one attached hydrogen (secondary N) is 2. The molecule has 1 fully saturated rings. The minimum absolute atomic E-state index is 0.0104. The molecule has 0 aliphatic carbocycles. The zero-order valence-corrected chi connectivity index (χ0v) is 20.2. The first kappa shape index (κ1) is 25.1. The molecular formula is C26H33N3O5. The van der Waals surface area contributed by atoms with Gasteiger partial charge in [-0.25, -0.2) is 0 Å². The predicted octanol–water partition coefficient (Wildman–Crippen LogP) is 2.48. The summed E-state index contributed by atoms with van der Waals surface area (Å²) in [5.74, 6) is 0.706. The number of nitrogens with zero attached hydrogens (tertiary/aromatic N) is 1. The number of methoxy groups -OCH3 is 2. The summed E-state index contributed by atoms with van der Waals surface area (Å²) in [6.07, 6.45) is 1.59. The number of ether oxygens (including phenoxy) is 2. The number of aryl methyl sites for hydroxylation is 1. The second-order valence-corrected chi connectivity index (χ2v) is 8.58. The van der Waals surface area contributed by atoms with Crippen LogP contribution >= 0.6 is 0 Å². The molecule has 0 radical (unpaired) electrons. The van der Waals surface area contributed by atoms with Gasteiger partial charge in [0.2, 0.25) is 11.8 Å². The van der Waals surface area contributed by atoms with E-state index >= 15 is 0 Å². The third-order valence-electron chi connectivity index (χ3n) is 6.01. The van der Waals surface area contributed by atoms with Crippen molar-refractivity contribution in [2.45, 2.75) is 45.2 Å². The smallest absolute Gasteiger partial charge is 0.253 e. The van der Waals surface area contributed by atoms with Gasteiger partial charge >= 0.3 is 0 Å². The molecule has 0 bridgehead atoms. The topological polar surface area (TPSA) is 97.0 Å². The van der Waals surface area contributed by atoms with Gasteiger partial charge in [-0.15, -0.1) is 0 Å². The lowest BCUT2D eigenvalue weighted by Crippen LogP contribution is -2.53. The number of rotatable bonds is 8. The molecule has 8 nitrogen and oxygen atoms in total.